The van der Waals surface area contributed by atoms with Gasteiger partial charge in [0.2, 0.25) is 10.0 Å². The number of hydrogen-bond donors (Lipinski definition) is 1. The number of aromatic nitrogens is 2. The number of likely N-dealkylation sites (tertiary alicyclic amines) is 1. The van der Waals surface area contributed by atoms with Crippen molar-refractivity contribution in [2.45, 2.75) is 50.0 Å². The number of ether oxygens (including phenoxy) is 1. The summed E-state index contributed by atoms with van der Waals surface area (Å²) in [5, 5.41) is 4.26. The SMILES string of the molecule is Cc1cc(CN2CC3(CC[C@@H](CNS(=O)(=O)C4CC4)CO3)C2)n(C)n1. The third-order valence-corrected chi connectivity index (χ3v) is 7.60. The van der Waals surface area contributed by atoms with Gasteiger partial charge < -0.3 is 4.74 Å². The van der Waals surface area contributed by atoms with Crippen molar-refractivity contribution in [3.8, 4) is 0 Å². The van der Waals surface area contributed by atoms with Crippen molar-refractivity contribution in [2.24, 2.45) is 13.0 Å². The quantitative estimate of drug-likeness (QED) is 0.803. The Balaban J connectivity index is 1.21. The molecule has 3 aliphatic rings. The maximum absolute atomic E-state index is 11.9. The van der Waals surface area contributed by atoms with E-state index in [2.05, 4.69) is 20.8 Å². The van der Waals surface area contributed by atoms with Crippen LogP contribution in [0.5, 0.6) is 0 Å². The molecule has 1 N–H and O–H groups in total. The van der Waals surface area contributed by atoms with Crippen LogP contribution in [0.3, 0.4) is 0 Å². The Hall–Kier alpha value is -0.960. The van der Waals surface area contributed by atoms with Crippen LogP contribution in [-0.2, 0) is 28.4 Å². The highest BCUT2D eigenvalue weighted by Gasteiger charge is 2.46. The van der Waals surface area contributed by atoms with Crippen LogP contribution in [0.15, 0.2) is 6.07 Å². The van der Waals surface area contributed by atoms with Gasteiger partial charge in [-0.1, -0.05) is 0 Å². The van der Waals surface area contributed by atoms with Gasteiger partial charge in [0.25, 0.3) is 0 Å². The fraction of sp³-hybridized carbons (Fsp3) is 0.824. The fourth-order valence-electron chi connectivity index (χ4n) is 3.98. The third-order valence-electron chi connectivity index (χ3n) is 5.68. The first-order chi connectivity index (χ1) is 11.9. The lowest BCUT2D eigenvalue weighted by molar-refractivity contribution is -0.181. The number of sulfonamides is 1. The zero-order valence-electron chi connectivity index (χ0n) is 15.1. The summed E-state index contributed by atoms with van der Waals surface area (Å²) < 4.78 is 34.7. The summed E-state index contributed by atoms with van der Waals surface area (Å²) in [6, 6.07) is 2.13. The van der Waals surface area contributed by atoms with Crippen molar-refractivity contribution >= 4 is 10.0 Å². The van der Waals surface area contributed by atoms with Crippen LogP contribution in [-0.4, -0.2) is 60.2 Å². The Bertz CT molecular complexity index is 725. The van der Waals surface area contributed by atoms with E-state index in [1.807, 2.05) is 18.7 Å². The Morgan fingerprint density at radius 2 is 2.12 bits per heavy atom. The molecule has 1 aromatic rings. The van der Waals surface area contributed by atoms with Gasteiger partial charge in [-0.05, 0) is 44.6 Å². The largest absolute Gasteiger partial charge is 0.372 e. The van der Waals surface area contributed by atoms with Crippen molar-refractivity contribution < 1.29 is 13.2 Å². The standard InChI is InChI=1S/C17H28N4O3S/c1-13-7-15(20(2)19-13)9-21-11-17(12-21)6-5-14(10-24-17)8-18-25(22,23)16-3-4-16/h7,14,16,18H,3-6,8-12H2,1-2H3/t14-/m0/s1. The monoisotopic (exact) mass is 368 g/mol. The Kier molecular flexibility index (Phi) is 4.42. The van der Waals surface area contributed by atoms with Gasteiger partial charge in [0.15, 0.2) is 0 Å². The Morgan fingerprint density at radius 3 is 2.68 bits per heavy atom. The van der Waals surface area contributed by atoms with E-state index in [-0.39, 0.29) is 10.9 Å². The normalized spacial score (nSPS) is 26.7. The highest BCUT2D eigenvalue weighted by atomic mass is 32.2. The maximum Gasteiger partial charge on any atom is 0.214 e. The van der Waals surface area contributed by atoms with Gasteiger partial charge in [0, 0.05) is 33.2 Å². The van der Waals surface area contributed by atoms with E-state index in [1.165, 1.54) is 5.69 Å². The molecule has 1 spiro atoms. The van der Waals surface area contributed by atoms with E-state index >= 15 is 0 Å². The van der Waals surface area contributed by atoms with Crippen LogP contribution in [0, 0.1) is 12.8 Å². The molecular weight excluding hydrogens is 340 g/mol. The summed E-state index contributed by atoms with van der Waals surface area (Å²) >= 11 is 0. The number of nitrogens with one attached hydrogen (secondary N) is 1. The average molecular weight is 369 g/mol. The first kappa shape index (κ1) is 17.5. The molecule has 0 bridgehead atoms. The minimum Gasteiger partial charge on any atom is -0.372 e. The van der Waals surface area contributed by atoms with Gasteiger partial charge in [0.05, 0.1) is 28.8 Å². The second-order valence-electron chi connectivity index (χ2n) is 8.04. The molecule has 0 aromatic carbocycles. The van der Waals surface area contributed by atoms with Crippen LogP contribution in [0.1, 0.15) is 37.1 Å². The van der Waals surface area contributed by atoms with Gasteiger partial charge >= 0.3 is 0 Å². The molecule has 0 amide bonds. The lowest BCUT2D eigenvalue weighted by Crippen LogP contribution is -2.64. The minimum atomic E-state index is -3.07. The Labute approximate surface area is 149 Å². The highest BCUT2D eigenvalue weighted by molar-refractivity contribution is 7.90. The number of rotatable bonds is 6. The molecular formula is C17H28N4O3S. The number of aryl methyl sites for hydroxylation is 2. The summed E-state index contributed by atoms with van der Waals surface area (Å²) in [5.41, 5.74) is 2.27. The van der Waals surface area contributed by atoms with E-state index in [9.17, 15) is 8.42 Å². The van der Waals surface area contributed by atoms with Crippen molar-refractivity contribution in [1.29, 1.82) is 0 Å². The molecule has 2 saturated heterocycles. The molecule has 25 heavy (non-hydrogen) atoms. The second-order valence-corrected chi connectivity index (χ2v) is 10.1. The van der Waals surface area contributed by atoms with E-state index < -0.39 is 10.0 Å². The molecule has 1 aromatic heterocycles. The predicted molar refractivity (Wildman–Crippen MR) is 94.6 cm³/mol. The lowest BCUT2D eigenvalue weighted by Gasteiger charge is -2.53. The molecule has 1 atom stereocenters. The highest BCUT2D eigenvalue weighted by Crippen LogP contribution is 2.36. The molecule has 0 unspecified atom stereocenters. The molecule has 1 aliphatic carbocycles. The van der Waals surface area contributed by atoms with Gasteiger partial charge in [-0.25, -0.2) is 13.1 Å². The molecule has 140 valence electrons. The van der Waals surface area contributed by atoms with Crippen molar-refractivity contribution in [2.75, 3.05) is 26.2 Å². The molecule has 8 heteroatoms. The predicted octanol–water partition coefficient (Wildman–Crippen LogP) is 0.791. The molecule has 0 radical (unpaired) electrons. The van der Waals surface area contributed by atoms with Crippen LogP contribution in [0.4, 0.5) is 0 Å². The first-order valence-electron chi connectivity index (χ1n) is 9.20. The molecule has 4 rings (SSSR count). The summed E-state index contributed by atoms with van der Waals surface area (Å²) in [6.45, 7) is 6.02. The molecule has 7 nitrogen and oxygen atoms in total. The lowest BCUT2D eigenvalue weighted by atomic mass is 9.83. The maximum atomic E-state index is 11.9. The molecule has 3 heterocycles. The molecule has 2 aliphatic heterocycles. The molecule has 3 fully saturated rings. The summed E-state index contributed by atoms with van der Waals surface area (Å²) in [7, 11) is -1.09. The van der Waals surface area contributed by atoms with Crippen LogP contribution in [0.25, 0.3) is 0 Å². The van der Waals surface area contributed by atoms with E-state index in [4.69, 9.17) is 4.74 Å². The van der Waals surface area contributed by atoms with Gasteiger partial charge in [-0.15, -0.1) is 0 Å². The van der Waals surface area contributed by atoms with Crippen LogP contribution in [0.2, 0.25) is 0 Å². The number of hydrogen-bond acceptors (Lipinski definition) is 5. The van der Waals surface area contributed by atoms with E-state index in [0.717, 1.165) is 51.0 Å². The van der Waals surface area contributed by atoms with Crippen molar-refractivity contribution in [1.82, 2.24) is 19.4 Å². The topological polar surface area (TPSA) is 76.5 Å². The first-order valence-corrected chi connectivity index (χ1v) is 10.7. The van der Waals surface area contributed by atoms with Gasteiger partial charge in [-0.2, -0.15) is 5.10 Å². The minimum absolute atomic E-state index is 0.0144. The van der Waals surface area contributed by atoms with Gasteiger partial charge in [0.1, 0.15) is 0 Å². The van der Waals surface area contributed by atoms with Crippen LogP contribution >= 0.6 is 0 Å². The Morgan fingerprint density at radius 1 is 1.36 bits per heavy atom. The third kappa shape index (κ3) is 3.77. The molecule has 1 saturated carbocycles. The van der Waals surface area contributed by atoms with Gasteiger partial charge in [-0.3, -0.25) is 9.58 Å². The zero-order valence-corrected chi connectivity index (χ0v) is 15.9. The fourth-order valence-corrected chi connectivity index (χ4v) is 5.44. The van der Waals surface area contributed by atoms with E-state index in [0.29, 0.717) is 19.1 Å². The zero-order chi connectivity index (χ0) is 17.7. The van der Waals surface area contributed by atoms with Crippen LogP contribution < -0.4 is 4.72 Å². The van der Waals surface area contributed by atoms with Crippen molar-refractivity contribution in [3.63, 3.8) is 0 Å². The van der Waals surface area contributed by atoms with Crippen molar-refractivity contribution in [3.05, 3.63) is 17.5 Å². The smallest absolute Gasteiger partial charge is 0.214 e. The number of nitrogens with zero attached hydrogens (tertiary/aromatic N) is 3. The van der Waals surface area contributed by atoms with E-state index in [1.54, 1.807) is 0 Å². The average Bonchev–Trinajstić information content (AvgIpc) is 3.33. The second kappa shape index (κ2) is 6.33. The summed E-state index contributed by atoms with van der Waals surface area (Å²) in [6.07, 6.45) is 3.67. The summed E-state index contributed by atoms with van der Waals surface area (Å²) in [4.78, 5) is 2.40. The summed E-state index contributed by atoms with van der Waals surface area (Å²) in [5.74, 6) is 0.299.